The first kappa shape index (κ1) is 33.0. The van der Waals surface area contributed by atoms with Gasteiger partial charge in [0.25, 0.3) is 0 Å². The summed E-state index contributed by atoms with van der Waals surface area (Å²) in [6.07, 6.45) is 0. The van der Waals surface area contributed by atoms with Crippen LogP contribution in [0, 0.1) is 0 Å². The second-order valence-electron chi connectivity index (χ2n) is 15.0. The molecule has 0 fully saturated rings. The van der Waals surface area contributed by atoms with Crippen molar-refractivity contribution in [2.75, 3.05) is 14.7 Å². The lowest BCUT2D eigenvalue weighted by Gasteiger charge is -2.50. The summed E-state index contributed by atoms with van der Waals surface area (Å²) in [6.45, 7) is 0. The van der Waals surface area contributed by atoms with Crippen LogP contribution in [-0.2, 0) is 0 Å². The Morgan fingerprint density at radius 3 is 0.655 bits per heavy atom. The molecule has 3 nitrogen and oxygen atoms in total. The molecule has 3 aliphatic heterocycles. The Labute approximate surface area is 340 Å². The predicted octanol–water partition coefficient (Wildman–Crippen LogP) is 13.8. The van der Waals surface area contributed by atoms with Crippen LogP contribution in [0.1, 0.15) is 0 Å². The molecule has 3 aliphatic rings. The molecule has 9 aromatic rings. The molecule has 0 spiro atoms. The van der Waals surface area contributed by atoms with E-state index in [0.717, 1.165) is 17.1 Å². The first-order chi connectivity index (χ1) is 28.8. The van der Waals surface area contributed by atoms with Crippen LogP contribution < -0.4 is 30.6 Å². The molecule has 4 heteroatoms. The van der Waals surface area contributed by atoms with E-state index in [1.807, 2.05) is 0 Å². The Bertz CT molecular complexity index is 2590. The molecule has 58 heavy (non-hydrogen) atoms. The maximum atomic E-state index is 2.55. The maximum Gasteiger partial charge on any atom is 0.0572 e. The van der Waals surface area contributed by atoms with Gasteiger partial charge >= 0.3 is 0 Å². The van der Waals surface area contributed by atoms with Crippen LogP contribution in [0.25, 0.3) is 33.4 Å². The van der Waals surface area contributed by atoms with Crippen molar-refractivity contribution >= 4 is 75.0 Å². The average Bonchev–Trinajstić information content (AvgIpc) is 3.30. The van der Waals surface area contributed by atoms with Crippen LogP contribution in [0.15, 0.2) is 218 Å². The summed E-state index contributed by atoms with van der Waals surface area (Å²) in [5.41, 5.74) is 18.0. The Hall–Kier alpha value is -7.19. The number of rotatable bonds is 6. The lowest BCUT2D eigenvalue weighted by molar-refractivity contribution is 1.23. The summed E-state index contributed by atoms with van der Waals surface area (Å²) in [5, 5.41) is 4.16. The minimum Gasteiger partial charge on any atom is -0.309 e. The Balaban J connectivity index is 1.28. The van der Waals surface area contributed by atoms with Crippen molar-refractivity contribution < 1.29 is 0 Å². The van der Waals surface area contributed by atoms with Gasteiger partial charge in [-0.3, -0.25) is 0 Å². The van der Waals surface area contributed by atoms with E-state index >= 15 is 0 Å². The minimum atomic E-state index is -1.02. The lowest BCUT2D eigenvalue weighted by Crippen LogP contribution is -2.45. The fourth-order valence-corrected chi connectivity index (χ4v) is 12.2. The second kappa shape index (κ2) is 13.2. The van der Waals surface area contributed by atoms with E-state index in [1.165, 1.54) is 83.4 Å². The number of hydrogen-bond donors (Lipinski definition) is 0. The molecule has 0 N–H and O–H groups in total. The number of hydrogen-bond acceptors (Lipinski definition) is 3. The van der Waals surface area contributed by atoms with Crippen LogP contribution >= 0.6 is 7.92 Å². The molecule has 272 valence electrons. The minimum absolute atomic E-state index is 1.02. The van der Waals surface area contributed by atoms with Crippen molar-refractivity contribution in [2.24, 2.45) is 0 Å². The Kier molecular flexibility index (Phi) is 7.51. The van der Waals surface area contributed by atoms with Crippen molar-refractivity contribution in [1.82, 2.24) is 0 Å². The fraction of sp³-hybridized carbons (Fsp3) is 0. The van der Waals surface area contributed by atoms with E-state index in [4.69, 9.17) is 0 Å². The highest BCUT2D eigenvalue weighted by molar-refractivity contribution is 7.82. The molecule has 0 unspecified atom stereocenters. The van der Waals surface area contributed by atoms with E-state index in [0.29, 0.717) is 0 Å². The molecule has 0 saturated heterocycles. The molecule has 9 aromatic carbocycles. The van der Waals surface area contributed by atoms with Crippen LogP contribution in [0.5, 0.6) is 0 Å². The van der Waals surface area contributed by atoms with Gasteiger partial charge in [0, 0.05) is 40.9 Å². The van der Waals surface area contributed by atoms with E-state index < -0.39 is 7.92 Å². The van der Waals surface area contributed by atoms with Crippen molar-refractivity contribution in [1.29, 1.82) is 0 Å². The lowest BCUT2D eigenvalue weighted by atomic mass is 9.97. The molecule has 3 heterocycles. The zero-order valence-electron chi connectivity index (χ0n) is 31.6. The smallest absolute Gasteiger partial charge is 0.0572 e. The standard InChI is InChI=1S/C54H36N3P/c1-7-19-37(20-8-1)40-31-46-52-47(32-40)56(44-27-15-5-16-28-44)49-34-42(39-23-11-3-12-24-39)36-51-54(49)58(52)53-48(55(46)43-25-13-4-14-26-43)33-41(38-21-9-2-10-22-38)35-50(53)57(51)45-29-17-6-18-30-45/h1-36H. The summed E-state index contributed by atoms with van der Waals surface area (Å²) in [7, 11) is -1.02. The molecule has 0 atom stereocenters. The number of nitrogens with zero attached hydrogens (tertiary/aromatic N) is 3. The van der Waals surface area contributed by atoms with Crippen molar-refractivity contribution in [3.63, 3.8) is 0 Å². The monoisotopic (exact) mass is 757 g/mol. The summed E-state index contributed by atoms with van der Waals surface area (Å²) >= 11 is 0. The molecule has 0 bridgehead atoms. The van der Waals surface area contributed by atoms with E-state index in [2.05, 4.69) is 233 Å². The molecular formula is C54H36N3P. The van der Waals surface area contributed by atoms with Crippen LogP contribution in [0.3, 0.4) is 0 Å². The highest BCUT2D eigenvalue weighted by atomic mass is 31.1. The van der Waals surface area contributed by atoms with Crippen molar-refractivity contribution in [3.8, 4) is 33.4 Å². The van der Waals surface area contributed by atoms with Crippen molar-refractivity contribution in [2.45, 2.75) is 0 Å². The van der Waals surface area contributed by atoms with Gasteiger partial charge in [0.1, 0.15) is 0 Å². The number of benzene rings is 9. The Morgan fingerprint density at radius 2 is 0.431 bits per heavy atom. The van der Waals surface area contributed by atoms with Gasteiger partial charge in [0.2, 0.25) is 0 Å². The molecule has 0 aliphatic carbocycles. The summed E-state index contributed by atoms with van der Waals surface area (Å²) in [4.78, 5) is 7.65. The highest BCUT2D eigenvalue weighted by Gasteiger charge is 2.48. The van der Waals surface area contributed by atoms with Crippen LogP contribution in [0.4, 0.5) is 51.2 Å². The van der Waals surface area contributed by atoms with Crippen molar-refractivity contribution in [3.05, 3.63) is 218 Å². The van der Waals surface area contributed by atoms with E-state index in [1.54, 1.807) is 0 Å². The summed E-state index contributed by atoms with van der Waals surface area (Å²) < 4.78 is 0. The third-order valence-electron chi connectivity index (χ3n) is 11.7. The van der Waals surface area contributed by atoms with Gasteiger partial charge in [0.15, 0.2) is 0 Å². The third-order valence-corrected chi connectivity index (χ3v) is 14.4. The zero-order chi connectivity index (χ0) is 38.2. The first-order valence-corrected chi connectivity index (χ1v) is 21.2. The zero-order valence-corrected chi connectivity index (χ0v) is 32.5. The van der Waals surface area contributed by atoms with Gasteiger partial charge in [-0.2, -0.15) is 0 Å². The van der Waals surface area contributed by atoms with Gasteiger partial charge in [-0.05, 0) is 106 Å². The molecular weight excluding hydrogens is 722 g/mol. The van der Waals surface area contributed by atoms with Crippen LogP contribution in [-0.4, -0.2) is 0 Å². The highest BCUT2D eigenvalue weighted by Crippen LogP contribution is 2.64. The average molecular weight is 758 g/mol. The fourth-order valence-electron chi connectivity index (χ4n) is 9.20. The molecule has 0 radical (unpaired) electrons. The van der Waals surface area contributed by atoms with E-state index in [9.17, 15) is 0 Å². The Morgan fingerprint density at radius 1 is 0.224 bits per heavy atom. The van der Waals surface area contributed by atoms with Gasteiger partial charge < -0.3 is 14.7 Å². The van der Waals surface area contributed by atoms with Gasteiger partial charge in [-0.15, -0.1) is 0 Å². The second-order valence-corrected chi connectivity index (χ2v) is 17.0. The van der Waals surface area contributed by atoms with Gasteiger partial charge in [-0.1, -0.05) is 146 Å². The number of para-hydroxylation sites is 3. The first-order valence-electron chi connectivity index (χ1n) is 19.9. The van der Waals surface area contributed by atoms with Crippen LogP contribution in [0.2, 0.25) is 0 Å². The largest absolute Gasteiger partial charge is 0.309 e. The molecule has 0 aromatic heterocycles. The molecule has 0 amide bonds. The quantitative estimate of drug-likeness (QED) is 0.156. The van der Waals surface area contributed by atoms with Gasteiger partial charge in [-0.25, -0.2) is 0 Å². The summed E-state index contributed by atoms with van der Waals surface area (Å²) in [6, 6.07) is 80.3. The predicted molar refractivity (Wildman–Crippen MR) is 246 cm³/mol. The summed E-state index contributed by atoms with van der Waals surface area (Å²) in [5.74, 6) is 0. The molecule has 12 rings (SSSR count). The maximum absolute atomic E-state index is 2.55. The normalized spacial score (nSPS) is 13.3. The molecule has 0 saturated carbocycles. The number of anilines is 9. The topological polar surface area (TPSA) is 9.72 Å². The van der Waals surface area contributed by atoms with E-state index in [-0.39, 0.29) is 0 Å². The van der Waals surface area contributed by atoms with Gasteiger partial charge in [0.05, 0.1) is 34.1 Å². The SMILES string of the molecule is c1ccc(-c2cc3c4c(c2)N(c2ccccc2)c2cc(-c5ccccc5)cc5c2P4c2c(cc(-c4ccccc4)cc2N5c2ccccc2)N3c2ccccc2)cc1. The third kappa shape index (κ3) is 5.04.